The highest BCUT2D eigenvalue weighted by Crippen LogP contribution is 2.15. The van der Waals surface area contributed by atoms with E-state index in [-0.39, 0.29) is 24.4 Å². The summed E-state index contributed by atoms with van der Waals surface area (Å²) in [6.45, 7) is 7.75. The van der Waals surface area contributed by atoms with Crippen molar-refractivity contribution in [2.24, 2.45) is 5.92 Å². The third kappa shape index (κ3) is 5.67. The van der Waals surface area contributed by atoms with E-state index in [4.69, 9.17) is 0 Å². The molecular weight excluding hydrogens is 262 g/mol. The number of carbonyl (C=O) groups excluding carboxylic acids is 1. The number of piperidine rings is 1. The van der Waals surface area contributed by atoms with Gasteiger partial charge in [-0.05, 0) is 64.2 Å². The van der Waals surface area contributed by atoms with Crippen LogP contribution < -0.4 is 10.6 Å². The molecule has 0 aromatic carbocycles. The molecule has 2 aliphatic rings. The van der Waals surface area contributed by atoms with Crippen LogP contribution in [0.15, 0.2) is 0 Å². The summed E-state index contributed by atoms with van der Waals surface area (Å²) in [4.78, 5) is 14.3. The molecule has 0 radical (unpaired) electrons. The van der Waals surface area contributed by atoms with Crippen molar-refractivity contribution < 1.29 is 4.79 Å². The molecule has 112 valence electrons. The Labute approximate surface area is 123 Å². The third-order valence-corrected chi connectivity index (χ3v) is 4.20. The molecule has 0 aliphatic carbocycles. The first kappa shape index (κ1) is 16.7. The molecule has 0 spiro atoms. The maximum Gasteiger partial charge on any atom is 0.237 e. The lowest BCUT2D eigenvalue weighted by molar-refractivity contribution is -0.122. The van der Waals surface area contributed by atoms with Crippen molar-refractivity contribution in [3.8, 4) is 0 Å². The molecule has 2 heterocycles. The minimum atomic E-state index is 0. The van der Waals surface area contributed by atoms with E-state index in [9.17, 15) is 4.79 Å². The molecule has 1 atom stereocenters. The molecule has 0 aromatic rings. The average Bonchev–Trinajstić information content (AvgIpc) is 2.90. The molecule has 2 rings (SSSR count). The van der Waals surface area contributed by atoms with Crippen LogP contribution in [-0.4, -0.2) is 49.6 Å². The Kier molecular flexibility index (Phi) is 7.73. The van der Waals surface area contributed by atoms with Crippen LogP contribution in [0, 0.1) is 5.92 Å². The second-order valence-electron chi connectivity index (χ2n) is 5.82. The van der Waals surface area contributed by atoms with Gasteiger partial charge in [-0.25, -0.2) is 0 Å². The summed E-state index contributed by atoms with van der Waals surface area (Å²) in [6.07, 6.45) is 5.86. The van der Waals surface area contributed by atoms with Gasteiger partial charge in [-0.1, -0.05) is 6.92 Å². The fourth-order valence-electron chi connectivity index (χ4n) is 2.83. The highest BCUT2D eigenvalue weighted by atomic mass is 35.5. The van der Waals surface area contributed by atoms with Gasteiger partial charge in [-0.3, -0.25) is 4.79 Å². The molecule has 1 amide bonds. The van der Waals surface area contributed by atoms with Crippen LogP contribution in [0.2, 0.25) is 0 Å². The molecule has 0 bridgehead atoms. The largest absolute Gasteiger partial charge is 0.355 e. The van der Waals surface area contributed by atoms with Crippen molar-refractivity contribution in [2.45, 2.75) is 45.1 Å². The fourth-order valence-corrected chi connectivity index (χ4v) is 2.83. The van der Waals surface area contributed by atoms with Crippen LogP contribution in [-0.2, 0) is 4.79 Å². The van der Waals surface area contributed by atoms with Crippen molar-refractivity contribution in [1.29, 1.82) is 0 Å². The van der Waals surface area contributed by atoms with E-state index in [1.54, 1.807) is 0 Å². The van der Waals surface area contributed by atoms with Gasteiger partial charge in [0.25, 0.3) is 0 Å². The smallest absolute Gasteiger partial charge is 0.237 e. The second kappa shape index (κ2) is 8.77. The predicted molar refractivity (Wildman–Crippen MR) is 80.7 cm³/mol. The second-order valence-corrected chi connectivity index (χ2v) is 5.82. The van der Waals surface area contributed by atoms with Crippen LogP contribution >= 0.6 is 12.4 Å². The molecule has 2 N–H and O–H groups in total. The number of rotatable bonds is 5. The van der Waals surface area contributed by atoms with Crippen molar-refractivity contribution >= 4 is 18.3 Å². The van der Waals surface area contributed by atoms with Gasteiger partial charge in [0, 0.05) is 6.54 Å². The van der Waals surface area contributed by atoms with Crippen molar-refractivity contribution in [3.05, 3.63) is 0 Å². The quantitative estimate of drug-likeness (QED) is 0.752. The standard InChI is InChI=1S/C14H27N3O.ClH/c1-12-5-10-17(11-6-12)9-3-8-16-14(18)13-4-2-7-15-13;/h12-13,15H,2-11H2,1H3,(H,16,18);1H. The Morgan fingerprint density at radius 1 is 1.32 bits per heavy atom. The Hall–Kier alpha value is -0.320. The normalized spacial score (nSPS) is 25.0. The summed E-state index contributed by atoms with van der Waals surface area (Å²) < 4.78 is 0. The van der Waals surface area contributed by atoms with Gasteiger partial charge in [0.15, 0.2) is 0 Å². The molecule has 1 unspecified atom stereocenters. The molecule has 5 heteroatoms. The van der Waals surface area contributed by atoms with Gasteiger partial charge < -0.3 is 15.5 Å². The van der Waals surface area contributed by atoms with E-state index in [1.165, 1.54) is 25.9 Å². The van der Waals surface area contributed by atoms with E-state index >= 15 is 0 Å². The molecule has 0 aromatic heterocycles. The lowest BCUT2D eigenvalue weighted by atomic mass is 9.99. The van der Waals surface area contributed by atoms with Gasteiger partial charge in [0.05, 0.1) is 6.04 Å². The molecule has 2 fully saturated rings. The minimum Gasteiger partial charge on any atom is -0.355 e. The average molecular weight is 290 g/mol. The molecule has 2 saturated heterocycles. The van der Waals surface area contributed by atoms with Gasteiger partial charge in [0.2, 0.25) is 5.91 Å². The lowest BCUT2D eigenvalue weighted by Crippen LogP contribution is -2.41. The Bertz CT molecular complexity index is 261. The fraction of sp³-hybridized carbons (Fsp3) is 0.929. The number of likely N-dealkylation sites (tertiary alicyclic amines) is 1. The SMILES string of the molecule is CC1CCN(CCCNC(=O)C2CCCN2)CC1.Cl. The Morgan fingerprint density at radius 2 is 2.05 bits per heavy atom. The number of nitrogens with zero attached hydrogens (tertiary/aromatic N) is 1. The number of hydrogen-bond acceptors (Lipinski definition) is 3. The topological polar surface area (TPSA) is 44.4 Å². The molecule has 19 heavy (non-hydrogen) atoms. The van der Waals surface area contributed by atoms with Gasteiger partial charge >= 0.3 is 0 Å². The van der Waals surface area contributed by atoms with Crippen LogP contribution in [0.5, 0.6) is 0 Å². The number of amides is 1. The summed E-state index contributed by atoms with van der Waals surface area (Å²) in [5, 5.41) is 6.27. The van der Waals surface area contributed by atoms with E-state index in [0.29, 0.717) is 0 Å². The highest BCUT2D eigenvalue weighted by Gasteiger charge is 2.21. The van der Waals surface area contributed by atoms with E-state index in [1.807, 2.05) is 0 Å². The number of carbonyl (C=O) groups is 1. The predicted octanol–water partition coefficient (Wildman–Crippen LogP) is 1.40. The monoisotopic (exact) mass is 289 g/mol. The Morgan fingerprint density at radius 3 is 2.68 bits per heavy atom. The Balaban J connectivity index is 0.00000180. The van der Waals surface area contributed by atoms with Crippen LogP contribution in [0.4, 0.5) is 0 Å². The first-order valence-electron chi connectivity index (χ1n) is 7.49. The zero-order valence-corrected chi connectivity index (χ0v) is 12.8. The van der Waals surface area contributed by atoms with Crippen molar-refractivity contribution in [1.82, 2.24) is 15.5 Å². The molecular formula is C14H28ClN3O. The van der Waals surface area contributed by atoms with Gasteiger partial charge in [-0.2, -0.15) is 0 Å². The summed E-state index contributed by atoms with van der Waals surface area (Å²) in [7, 11) is 0. The first-order chi connectivity index (χ1) is 8.75. The number of halogens is 1. The highest BCUT2D eigenvalue weighted by molar-refractivity contribution is 5.85. The minimum absolute atomic E-state index is 0. The van der Waals surface area contributed by atoms with Gasteiger partial charge in [0.1, 0.15) is 0 Å². The zero-order chi connectivity index (χ0) is 12.8. The summed E-state index contributed by atoms with van der Waals surface area (Å²) in [5.41, 5.74) is 0. The van der Waals surface area contributed by atoms with Gasteiger partial charge in [-0.15, -0.1) is 12.4 Å². The first-order valence-corrected chi connectivity index (χ1v) is 7.49. The van der Waals surface area contributed by atoms with Crippen molar-refractivity contribution in [2.75, 3.05) is 32.7 Å². The summed E-state index contributed by atoms with van der Waals surface area (Å²) >= 11 is 0. The lowest BCUT2D eigenvalue weighted by Gasteiger charge is -2.30. The number of nitrogens with one attached hydrogen (secondary N) is 2. The van der Waals surface area contributed by atoms with E-state index in [0.717, 1.165) is 44.8 Å². The van der Waals surface area contributed by atoms with E-state index < -0.39 is 0 Å². The zero-order valence-electron chi connectivity index (χ0n) is 12.0. The molecule has 0 saturated carbocycles. The third-order valence-electron chi connectivity index (χ3n) is 4.20. The van der Waals surface area contributed by atoms with Crippen molar-refractivity contribution in [3.63, 3.8) is 0 Å². The molecule has 2 aliphatic heterocycles. The summed E-state index contributed by atoms with van der Waals surface area (Å²) in [5.74, 6) is 1.09. The number of hydrogen-bond donors (Lipinski definition) is 2. The van der Waals surface area contributed by atoms with Crippen LogP contribution in [0.25, 0.3) is 0 Å². The molecule has 4 nitrogen and oxygen atoms in total. The van der Waals surface area contributed by atoms with E-state index in [2.05, 4.69) is 22.5 Å². The van der Waals surface area contributed by atoms with Crippen LogP contribution in [0.3, 0.4) is 0 Å². The maximum absolute atomic E-state index is 11.8. The maximum atomic E-state index is 11.8. The summed E-state index contributed by atoms with van der Waals surface area (Å²) in [6, 6.07) is 0.0702. The van der Waals surface area contributed by atoms with Crippen LogP contribution in [0.1, 0.15) is 39.0 Å².